The number of pyridine rings is 1. The van der Waals surface area contributed by atoms with E-state index in [0.717, 1.165) is 0 Å². The average molecular weight is 232 g/mol. The quantitative estimate of drug-likeness (QED) is 0.754. The lowest BCUT2D eigenvalue weighted by Crippen LogP contribution is -2.31. The van der Waals surface area contributed by atoms with Gasteiger partial charge in [-0.2, -0.15) is 0 Å². The molecule has 0 amide bonds. The molecule has 0 aliphatic heterocycles. The number of H-pyrrole nitrogens is 1. The molecule has 0 radical (unpaired) electrons. The van der Waals surface area contributed by atoms with Gasteiger partial charge in [0.05, 0.1) is 12.2 Å². The highest BCUT2D eigenvalue weighted by Gasteiger charge is 2.02. The van der Waals surface area contributed by atoms with E-state index in [2.05, 4.69) is 9.97 Å². The van der Waals surface area contributed by atoms with E-state index in [1.165, 1.54) is 10.8 Å². The lowest BCUT2D eigenvalue weighted by molar-refractivity contribution is 0.700. The van der Waals surface area contributed by atoms with Crippen LogP contribution in [0, 0.1) is 6.92 Å². The zero-order chi connectivity index (χ0) is 12.4. The number of aromatic nitrogens is 3. The summed E-state index contributed by atoms with van der Waals surface area (Å²) >= 11 is 0. The van der Waals surface area contributed by atoms with Gasteiger partial charge in [0.25, 0.3) is 5.56 Å². The number of aromatic amines is 1. The molecule has 3 N–H and O–H groups in total. The molecule has 17 heavy (non-hydrogen) atoms. The predicted molar refractivity (Wildman–Crippen MR) is 63.8 cm³/mol. The number of nitrogens with two attached hydrogens (primary N) is 1. The minimum atomic E-state index is -0.454. The second-order valence-corrected chi connectivity index (χ2v) is 3.75. The monoisotopic (exact) mass is 232 g/mol. The molecule has 0 saturated carbocycles. The number of hydrogen-bond donors (Lipinski definition) is 2. The van der Waals surface area contributed by atoms with Crippen LogP contribution in [-0.4, -0.2) is 14.5 Å². The van der Waals surface area contributed by atoms with E-state index in [-0.39, 0.29) is 12.1 Å². The van der Waals surface area contributed by atoms with Crippen molar-refractivity contribution in [3.63, 3.8) is 0 Å². The second-order valence-electron chi connectivity index (χ2n) is 3.75. The van der Waals surface area contributed by atoms with Gasteiger partial charge >= 0.3 is 5.69 Å². The van der Waals surface area contributed by atoms with Gasteiger partial charge in [0.2, 0.25) is 0 Å². The van der Waals surface area contributed by atoms with Crippen LogP contribution >= 0.6 is 0 Å². The average Bonchev–Trinajstić information content (AvgIpc) is 2.26. The molecule has 88 valence electrons. The summed E-state index contributed by atoms with van der Waals surface area (Å²) in [7, 11) is 0. The maximum Gasteiger partial charge on any atom is 0.328 e. The number of nitrogen functional groups attached to an aromatic ring is 1. The van der Waals surface area contributed by atoms with Crippen molar-refractivity contribution in [3.05, 3.63) is 56.5 Å². The van der Waals surface area contributed by atoms with E-state index < -0.39 is 5.69 Å². The molecule has 0 aromatic carbocycles. The highest BCUT2D eigenvalue weighted by Crippen LogP contribution is 2.01. The molecule has 2 heterocycles. The number of rotatable bonds is 2. The maximum absolute atomic E-state index is 11.5. The Bertz CT molecular complexity index is 657. The Kier molecular flexibility index (Phi) is 2.78. The number of hydrogen-bond acceptors (Lipinski definition) is 4. The molecule has 0 aliphatic carbocycles. The van der Waals surface area contributed by atoms with Crippen LogP contribution in [0.3, 0.4) is 0 Å². The van der Waals surface area contributed by atoms with E-state index in [4.69, 9.17) is 5.73 Å². The zero-order valence-corrected chi connectivity index (χ0v) is 9.30. The number of nitrogens with zero attached hydrogens (tertiary/aromatic N) is 2. The third-order valence-corrected chi connectivity index (χ3v) is 2.35. The summed E-state index contributed by atoms with van der Waals surface area (Å²) in [5, 5.41) is 0. The van der Waals surface area contributed by atoms with Gasteiger partial charge in [0.1, 0.15) is 5.82 Å². The van der Waals surface area contributed by atoms with Crippen molar-refractivity contribution in [3.8, 4) is 0 Å². The van der Waals surface area contributed by atoms with Gasteiger partial charge in [0, 0.05) is 11.8 Å². The number of nitrogens with one attached hydrogen (secondary N) is 1. The van der Waals surface area contributed by atoms with E-state index in [0.29, 0.717) is 17.1 Å². The van der Waals surface area contributed by atoms with Gasteiger partial charge in [-0.05, 0) is 19.1 Å². The van der Waals surface area contributed by atoms with E-state index in [1.807, 2.05) is 0 Å². The molecule has 0 saturated heterocycles. The summed E-state index contributed by atoms with van der Waals surface area (Å²) in [6.45, 7) is 1.92. The molecule has 2 aromatic rings. The Morgan fingerprint density at radius 2 is 2.18 bits per heavy atom. The Morgan fingerprint density at radius 3 is 2.88 bits per heavy atom. The fourth-order valence-electron chi connectivity index (χ4n) is 1.50. The van der Waals surface area contributed by atoms with Gasteiger partial charge in [-0.25, -0.2) is 9.78 Å². The first-order valence-electron chi connectivity index (χ1n) is 5.08. The van der Waals surface area contributed by atoms with Crippen LogP contribution in [0.1, 0.15) is 11.3 Å². The summed E-state index contributed by atoms with van der Waals surface area (Å²) in [6, 6.07) is 5.20. The smallest absolute Gasteiger partial charge is 0.328 e. The van der Waals surface area contributed by atoms with Crippen molar-refractivity contribution in [1.29, 1.82) is 0 Å². The highest BCUT2D eigenvalue weighted by molar-refractivity contribution is 5.28. The van der Waals surface area contributed by atoms with E-state index in [1.54, 1.807) is 25.1 Å². The summed E-state index contributed by atoms with van der Waals surface area (Å²) in [5.74, 6) is 0.400. The molecular formula is C11H12N4O2. The van der Waals surface area contributed by atoms with Gasteiger partial charge in [-0.3, -0.25) is 14.3 Å². The third kappa shape index (κ3) is 2.41. The molecule has 0 bridgehead atoms. The van der Waals surface area contributed by atoms with Gasteiger partial charge in [-0.1, -0.05) is 6.07 Å². The molecule has 0 aliphatic rings. The first kappa shape index (κ1) is 11.1. The molecule has 0 atom stereocenters. The normalized spacial score (nSPS) is 10.4. The van der Waals surface area contributed by atoms with Crippen LogP contribution in [0.25, 0.3) is 0 Å². The first-order chi connectivity index (χ1) is 8.06. The second kappa shape index (κ2) is 4.25. The Balaban J connectivity index is 2.40. The molecule has 2 rings (SSSR count). The Hall–Kier alpha value is -2.37. The summed E-state index contributed by atoms with van der Waals surface area (Å²) in [4.78, 5) is 29.0. The standard InChI is InChI=1S/C11H12N4O2/c1-7-5-15(11(17)14-10(7)16)6-8-3-2-4-9(12)13-8/h2-5H,6H2,1H3,(H2,12,13)(H,14,16,17). The van der Waals surface area contributed by atoms with Crippen LogP contribution in [-0.2, 0) is 6.54 Å². The predicted octanol–water partition coefficient (Wildman–Crippen LogP) is -0.129. The van der Waals surface area contributed by atoms with Crippen LogP contribution < -0.4 is 17.0 Å². The Morgan fingerprint density at radius 1 is 1.41 bits per heavy atom. The number of aryl methyl sites for hydroxylation is 1. The molecular weight excluding hydrogens is 220 g/mol. The third-order valence-electron chi connectivity index (χ3n) is 2.35. The molecule has 0 fully saturated rings. The van der Waals surface area contributed by atoms with Gasteiger partial charge in [-0.15, -0.1) is 0 Å². The zero-order valence-electron chi connectivity index (χ0n) is 9.30. The maximum atomic E-state index is 11.5. The Labute approximate surface area is 96.8 Å². The minimum absolute atomic E-state index is 0.279. The minimum Gasteiger partial charge on any atom is -0.384 e. The fourth-order valence-corrected chi connectivity index (χ4v) is 1.50. The van der Waals surface area contributed by atoms with Crippen LogP contribution in [0.15, 0.2) is 34.0 Å². The summed E-state index contributed by atoms with van der Waals surface area (Å²) in [6.07, 6.45) is 1.51. The van der Waals surface area contributed by atoms with E-state index >= 15 is 0 Å². The fraction of sp³-hybridized carbons (Fsp3) is 0.182. The highest BCUT2D eigenvalue weighted by atomic mass is 16.2. The van der Waals surface area contributed by atoms with Crippen molar-refractivity contribution in [2.24, 2.45) is 0 Å². The molecule has 6 nitrogen and oxygen atoms in total. The van der Waals surface area contributed by atoms with Gasteiger partial charge in [0.15, 0.2) is 0 Å². The van der Waals surface area contributed by atoms with Crippen molar-refractivity contribution >= 4 is 5.82 Å². The molecule has 0 spiro atoms. The van der Waals surface area contributed by atoms with Crippen molar-refractivity contribution in [2.45, 2.75) is 13.5 Å². The van der Waals surface area contributed by atoms with Crippen molar-refractivity contribution < 1.29 is 0 Å². The van der Waals surface area contributed by atoms with Gasteiger partial charge < -0.3 is 5.73 Å². The lowest BCUT2D eigenvalue weighted by Gasteiger charge is -2.05. The topological polar surface area (TPSA) is 93.8 Å². The summed E-state index contributed by atoms with van der Waals surface area (Å²) in [5.41, 5.74) is 5.87. The largest absolute Gasteiger partial charge is 0.384 e. The van der Waals surface area contributed by atoms with Crippen molar-refractivity contribution in [2.75, 3.05) is 5.73 Å². The molecule has 6 heteroatoms. The van der Waals surface area contributed by atoms with Crippen LogP contribution in [0.5, 0.6) is 0 Å². The van der Waals surface area contributed by atoms with Crippen molar-refractivity contribution in [1.82, 2.24) is 14.5 Å². The number of anilines is 1. The van der Waals surface area contributed by atoms with Crippen LogP contribution in [0.2, 0.25) is 0 Å². The first-order valence-corrected chi connectivity index (χ1v) is 5.08. The van der Waals surface area contributed by atoms with E-state index in [9.17, 15) is 9.59 Å². The molecule has 0 unspecified atom stereocenters. The SMILES string of the molecule is Cc1cn(Cc2cccc(N)n2)c(=O)[nH]c1=O. The summed E-state index contributed by atoms with van der Waals surface area (Å²) < 4.78 is 1.39. The lowest BCUT2D eigenvalue weighted by atomic mass is 10.3. The molecule has 2 aromatic heterocycles. The van der Waals surface area contributed by atoms with Crippen LogP contribution in [0.4, 0.5) is 5.82 Å².